The van der Waals surface area contributed by atoms with E-state index in [1.807, 2.05) is 5.32 Å². The highest BCUT2D eigenvalue weighted by atomic mass is 19.4. The summed E-state index contributed by atoms with van der Waals surface area (Å²) >= 11 is 0. The number of rotatable bonds is 5. The number of nitro benzene ring substituents is 1. The molecule has 0 heterocycles. The molecule has 0 aliphatic carbocycles. The van der Waals surface area contributed by atoms with Crippen molar-refractivity contribution in [3.63, 3.8) is 0 Å². The molecule has 11 heteroatoms. The SMILES string of the molecule is COC(=O)[C@](O)(CC(=O)Nc1cccc([N+](=O)[O-])c1)C(F)(F)F. The van der Waals surface area contributed by atoms with Gasteiger partial charge in [-0.25, -0.2) is 4.79 Å². The van der Waals surface area contributed by atoms with Crippen molar-refractivity contribution in [2.24, 2.45) is 0 Å². The number of methoxy groups -OCH3 is 1. The Balaban J connectivity index is 2.95. The first kappa shape index (κ1) is 18.4. The van der Waals surface area contributed by atoms with E-state index >= 15 is 0 Å². The summed E-state index contributed by atoms with van der Waals surface area (Å²) in [4.78, 5) is 32.6. The zero-order chi connectivity index (χ0) is 17.8. The van der Waals surface area contributed by atoms with Crippen molar-refractivity contribution in [2.45, 2.75) is 18.2 Å². The van der Waals surface area contributed by atoms with Gasteiger partial charge < -0.3 is 15.2 Å². The zero-order valence-electron chi connectivity index (χ0n) is 11.6. The Morgan fingerprint density at radius 3 is 2.48 bits per heavy atom. The van der Waals surface area contributed by atoms with E-state index in [1.54, 1.807) is 0 Å². The predicted octanol–water partition coefficient (Wildman–Crippen LogP) is 1.39. The van der Waals surface area contributed by atoms with Crippen LogP contribution in [-0.2, 0) is 14.3 Å². The van der Waals surface area contributed by atoms with Crippen molar-refractivity contribution in [1.82, 2.24) is 0 Å². The highest BCUT2D eigenvalue weighted by molar-refractivity contribution is 5.96. The molecule has 0 bridgehead atoms. The lowest BCUT2D eigenvalue weighted by Gasteiger charge is -2.26. The van der Waals surface area contributed by atoms with Gasteiger partial charge in [0.15, 0.2) is 0 Å². The summed E-state index contributed by atoms with van der Waals surface area (Å²) in [6, 6.07) is 4.40. The predicted molar refractivity (Wildman–Crippen MR) is 69.4 cm³/mol. The number of anilines is 1. The van der Waals surface area contributed by atoms with Crippen LogP contribution in [0.5, 0.6) is 0 Å². The third-order valence-corrected chi connectivity index (χ3v) is 2.75. The Bertz CT molecular complexity index is 633. The third kappa shape index (κ3) is 4.16. The van der Waals surface area contributed by atoms with Gasteiger partial charge >= 0.3 is 12.1 Å². The molecular weight excluding hydrogens is 325 g/mol. The first-order valence-corrected chi connectivity index (χ1v) is 5.93. The van der Waals surface area contributed by atoms with Gasteiger partial charge in [-0.05, 0) is 6.07 Å². The highest BCUT2D eigenvalue weighted by Crippen LogP contribution is 2.34. The van der Waals surface area contributed by atoms with Gasteiger partial charge in [-0.3, -0.25) is 14.9 Å². The van der Waals surface area contributed by atoms with Crippen molar-refractivity contribution < 1.29 is 37.5 Å². The Kier molecular flexibility index (Phi) is 5.27. The first-order chi connectivity index (χ1) is 10.5. The number of amides is 1. The van der Waals surface area contributed by atoms with Crippen LogP contribution in [0, 0.1) is 10.1 Å². The molecule has 23 heavy (non-hydrogen) atoms. The molecule has 0 fully saturated rings. The van der Waals surface area contributed by atoms with Gasteiger partial charge in [0.2, 0.25) is 5.91 Å². The number of carbonyl (C=O) groups excluding carboxylic acids is 2. The summed E-state index contributed by atoms with van der Waals surface area (Å²) in [5.41, 5.74) is -4.59. The summed E-state index contributed by atoms with van der Waals surface area (Å²) in [7, 11) is 0.623. The van der Waals surface area contributed by atoms with Crippen LogP contribution in [-0.4, -0.2) is 40.8 Å². The number of benzene rings is 1. The number of non-ortho nitro benzene ring substituents is 1. The molecule has 0 aliphatic heterocycles. The average Bonchev–Trinajstić information content (AvgIpc) is 2.45. The van der Waals surface area contributed by atoms with Crippen LogP contribution in [0.1, 0.15) is 6.42 Å². The quantitative estimate of drug-likeness (QED) is 0.476. The lowest BCUT2D eigenvalue weighted by molar-refractivity contribution is -0.384. The van der Waals surface area contributed by atoms with E-state index in [9.17, 15) is 38.0 Å². The van der Waals surface area contributed by atoms with E-state index in [0.717, 1.165) is 12.1 Å². The van der Waals surface area contributed by atoms with Gasteiger partial charge in [-0.15, -0.1) is 0 Å². The number of carbonyl (C=O) groups is 2. The standard InChI is InChI=1S/C12H11F3N2O6/c1-23-10(19)11(20,12(13,14)15)6-9(18)16-7-3-2-4-8(5-7)17(21)22/h2-5,20H,6H2,1H3,(H,16,18)/t11-/m1/s1. The second kappa shape index (κ2) is 6.60. The molecule has 1 rings (SSSR count). The van der Waals surface area contributed by atoms with E-state index < -0.39 is 40.7 Å². The second-order valence-electron chi connectivity index (χ2n) is 4.38. The van der Waals surface area contributed by atoms with Crippen LogP contribution in [0.25, 0.3) is 0 Å². The fourth-order valence-electron chi connectivity index (χ4n) is 1.59. The maximum Gasteiger partial charge on any atom is 0.428 e. The molecule has 1 aromatic rings. The average molecular weight is 336 g/mol. The summed E-state index contributed by atoms with van der Waals surface area (Å²) in [6.07, 6.45) is -7.11. The van der Waals surface area contributed by atoms with Gasteiger partial charge in [-0.2, -0.15) is 13.2 Å². The molecule has 0 radical (unpaired) electrons. The Morgan fingerprint density at radius 1 is 1.39 bits per heavy atom. The monoisotopic (exact) mass is 336 g/mol. The van der Waals surface area contributed by atoms with Crippen molar-refractivity contribution in [2.75, 3.05) is 12.4 Å². The number of hydrogen-bond donors (Lipinski definition) is 2. The van der Waals surface area contributed by atoms with Crippen LogP contribution in [0.4, 0.5) is 24.5 Å². The molecule has 126 valence electrons. The van der Waals surface area contributed by atoms with Gasteiger partial charge in [-0.1, -0.05) is 6.07 Å². The number of nitrogens with zero attached hydrogens (tertiary/aromatic N) is 1. The lowest BCUT2D eigenvalue weighted by atomic mass is 9.98. The van der Waals surface area contributed by atoms with Crippen molar-refractivity contribution in [3.05, 3.63) is 34.4 Å². The minimum absolute atomic E-state index is 0.168. The van der Waals surface area contributed by atoms with Gasteiger partial charge in [0, 0.05) is 17.8 Å². The van der Waals surface area contributed by atoms with Gasteiger partial charge in [0.1, 0.15) is 0 Å². The van der Waals surface area contributed by atoms with E-state index in [0.29, 0.717) is 7.11 Å². The van der Waals surface area contributed by atoms with Crippen molar-refractivity contribution in [1.29, 1.82) is 0 Å². The third-order valence-electron chi connectivity index (χ3n) is 2.75. The zero-order valence-corrected chi connectivity index (χ0v) is 11.6. The highest BCUT2D eigenvalue weighted by Gasteiger charge is 2.61. The molecular formula is C12H11F3N2O6. The van der Waals surface area contributed by atoms with Crippen LogP contribution in [0.2, 0.25) is 0 Å². The molecule has 1 aromatic carbocycles. The molecule has 0 aromatic heterocycles. The summed E-state index contributed by atoms with van der Waals surface area (Å²) in [5, 5.41) is 21.9. The summed E-state index contributed by atoms with van der Waals surface area (Å²) in [6.45, 7) is 0. The van der Waals surface area contributed by atoms with E-state index in [-0.39, 0.29) is 5.69 Å². The summed E-state index contributed by atoms with van der Waals surface area (Å²) in [5.74, 6) is -3.42. The van der Waals surface area contributed by atoms with Gasteiger partial charge in [0.25, 0.3) is 11.3 Å². The molecule has 1 atom stereocenters. The number of nitrogens with one attached hydrogen (secondary N) is 1. The number of halogens is 3. The van der Waals surface area contributed by atoms with Crippen LogP contribution >= 0.6 is 0 Å². The molecule has 2 N–H and O–H groups in total. The van der Waals surface area contributed by atoms with Crippen molar-refractivity contribution in [3.8, 4) is 0 Å². The van der Waals surface area contributed by atoms with Crippen LogP contribution in [0.3, 0.4) is 0 Å². The Labute approximate surface area is 127 Å². The molecule has 0 spiro atoms. The number of ether oxygens (including phenoxy) is 1. The number of esters is 1. The maximum absolute atomic E-state index is 12.8. The first-order valence-electron chi connectivity index (χ1n) is 5.93. The molecule has 0 aliphatic rings. The molecule has 0 saturated carbocycles. The van der Waals surface area contributed by atoms with E-state index in [4.69, 9.17) is 0 Å². The number of hydrogen-bond acceptors (Lipinski definition) is 6. The molecule has 1 amide bonds. The topological polar surface area (TPSA) is 119 Å². The van der Waals surface area contributed by atoms with Gasteiger partial charge in [0.05, 0.1) is 18.5 Å². The normalized spacial score (nSPS) is 13.8. The minimum Gasteiger partial charge on any atom is -0.467 e. The Hall–Kier alpha value is -2.69. The summed E-state index contributed by atoms with van der Waals surface area (Å²) < 4.78 is 42.2. The molecule has 8 nitrogen and oxygen atoms in total. The number of alkyl halides is 3. The van der Waals surface area contributed by atoms with Crippen LogP contribution in [0.15, 0.2) is 24.3 Å². The fraction of sp³-hybridized carbons (Fsp3) is 0.333. The van der Waals surface area contributed by atoms with E-state index in [1.165, 1.54) is 12.1 Å². The number of aliphatic hydroxyl groups is 1. The second-order valence-corrected chi connectivity index (χ2v) is 4.38. The lowest BCUT2D eigenvalue weighted by Crippen LogP contribution is -2.54. The molecule has 0 unspecified atom stereocenters. The number of nitro groups is 1. The van der Waals surface area contributed by atoms with Crippen LogP contribution < -0.4 is 5.32 Å². The smallest absolute Gasteiger partial charge is 0.428 e. The largest absolute Gasteiger partial charge is 0.467 e. The maximum atomic E-state index is 12.8. The van der Waals surface area contributed by atoms with Crippen molar-refractivity contribution >= 4 is 23.3 Å². The van der Waals surface area contributed by atoms with E-state index in [2.05, 4.69) is 4.74 Å². The minimum atomic E-state index is -5.44. The fourth-order valence-corrected chi connectivity index (χ4v) is 1.59. The molecule has 0 saturated heterocycles. The Morgan fingerprint density at radius 2 is 2.00 bits per heavy atom.